The number of ether oxygens (including phenoxy) is 1. The molecule has 1 amide bonds. The number of carbonyl (C=O) groups excluding carboxylic acids is 1. The lowest BCUT2D eigenvalue weighted by atomic mass is 9.87. The lowest BCUT2D eigenvalue weighted by molar-refractivity contribution is -0.148. The molecule has 0 bridgehead atoms. The Labute approximate surface area is 123 Å². The van der Waals surface area contributed by atoms with Crippen molar-refractivity contribution in [2.24, 2.45) is 5.41 Å². The van der Waals surface area contributed by atoms with Crippen LogP contribution in [0.2, 0.25) is 0 Å². The van der Waals surface area contributed by atoms with E-state index in [0.717, 1.165) is 0 Å². The number of amides is 1. The van der Waals surface area contributed by atoms with Crippen molar-refractivity contribution in [2.45, 2.75) is 26.7 Å². The summed E-state index contributed by atoms with van der Waals surface area (Å²) in [7, 11) is 1.36. The first-order chi connectivity index (χ1) is 9.82. The third-order valence-electron chi connectivity index (χ3n) is 3.55. The highest BCUT2D eigenvalue weighted by molar-refractivity contribution is 5.80. The van der Waals surface area contributed by atoms with Crippen LogP contribution in [0.25, 0.3) is 0 Å². The van der Waals surface area contributed by atoms with Gasteiger partial charge in [-0.3, -0.25) is 9.59 Å². The summed E-state index contributed by atoms with van der Waals surface area (Å²) in [5, 5.41) is 11.7. The Balaban J connectivity index is 2.62. The number of carbonyl (C=O) groups is 2. The van der Waals surface area contributed by atoms with E-state index in [-0.39, 0.29) is 24.6 Å². The fraction of sp³-hybridized carbons (Fsp3) is 0.467. The third-order valence-corrected chi connectivity index (χ3v) is 3.55. The normalized spacial score (nSPS) is 13.3. The van der Waals surface area contributed by atoms with Gasteiger partial charge in [-0.1, -0.05) is 13.0 Å². The quantitative estimate of drug-likeness (QED) is 0.807. The van der Waals surface area contributed by atoms with Gasteiger partial charge in [-0.25, -0.2) is 4.39 Å². The largest absolute Gasteiger partial charge is 0.494 e. The minimum atomic E-state index is -0.999. The first-order valence-electron chi connectivity index (χ1n) is 6.65. The highest BCUT2D eigenvalue weighted by Crippen LogP contribution is 2.20. The summed E-state index contributed by atoms with van der Waals surface area (Å²) in [4.78, 5) is 22.9. The van der Waals surface area contributed by atoms with Gasteiger partial charge in [0.25, 0.3) is 0 Å². The van der Waals surface area contributed by atoms with Gasteiger partial charge in [0, 0.05) is 6.54 Å². The molecule has 0 spiro atoms. The van der Waals surface area contributed by atoms with E-state index in [0.29, 0.717) is 12.0 Å². The number of carboxylic acid groups (broad SMARTS) is 1. The van der Waals surface area contributed by atoms with Crippen LogP contribution in [0.3, 0.4) is 0 Å². The van der Waals surface area contributed by atoms with E-state index in [9.17, 15) is 14.0 Å². The number of nitrogens with one attached hydrogen (secondary N) is 1. The summed E-state index contributed by atoms with van der Waals surface area (Å²) in [5.41, 5.74) is -0.500. The molecule has 116 valence electrons. The van der Waals surface area contributed by atoms with Gasteiger partial charge in [-0.2, -0.15) is 0 Å². The summed E-state index contributed by atoms with van der Waals surface area (Å²) in [5.74, 6) is -1.73. The zero-order valence-corrected chi connectivity index (χ0v) is 12.4. The van der Waals surface area contributed by atoms with Gasteiger partial charge >= 0.3 is 5.97 Å². The van der Waals surface area contributed by atoms with Crippen molar-refractivity contribution in [3.05, 3.63) is 29.6 Å². The summed E-state index contributed by atoms with van der Waals surface area (Å²) >= 11 is 0. The average molecular weight is 297 g/mol. The molecule has 0 heterocycles. The summed E-state index contributed by atoms with van der Waals surface area (Å²) in [6.07, 6.45) is 0.389. The van der Waals surface area contributed by atoms with E-state index < -0.39 is 17.2 Å². The molecular formula is C15H20FNO4. The van der Waals surface area contributed by atoms with Gasteiger partial charge < -0.3 is 15.2 Å². The van der Waals surface area contributed by atoms with Crippen LogP contribution in [0.15, 0.2) is 18.2 Å². The van der Waals surface area contributed by atoms with Crippen LogP contribution in [-0.4, -0.2) is 30.6 Å². The highest BCUT2D eigenvalue weighted by Gasteiger charge is 2.31. The summed E-state index contributed by atoms with van der Waals surface area (Å²) < 4.78 is 18.3. The van der Waals surface area contributed by atoms with Crippen LogP contribution in [0, 0.1) is 11.2 Å². The number of methoxy groups -OCH3 is 1. The number of aliphatic carboxylic acids is 1. The molecule has 0 radical (unpaired) electrons. The van der Waals surface area contributed by atoms with Gasteiger partial charge in [-0.15, -0.1) is 0 Å². The molecular weight excluding hydrogens is 277 g/mol. The van der Waals surface area contributed by atoms with Crippen molar-refractivity contribution < 1.29 is 23.8 Å². The standard InChI is InChI=1S/C15H20FNO4/c1-4-15(2,14(19)20)9-17-13(18)8-10-5-6-12(21-3)11(16)7-10/h5-7H,4,8-9H2,1-3H3,(H,17,18)(H,19,20). The van der Waals surface area contributed by atoms with Crippen LogP contribution in [0.5, 0.6) is 5.75 Å². The molecule has 1 atom stereocenters. The van der Waals surface area contributed by atoms with Gasteiger partial charge in [0.2, 0.25) is 5.91 Å². The van der Waals surface area contributed by atoms with Crippen molar-refractivity contribution in [3.8, 4) is 5.75 Å². The van der Waals surface area contributed by atoms with E-state index in [4.69, 9.17) is 9.84 Å². The molecule has 0 saturated carbocycles. The molecule has 0 fully saturated rings. The van der Waals surface area contributed by atoms with E-state index in [1.807, 2.05) is 0 Å². The number of hydrogen-bond acceptors (Lipinski definition) is 3. The Morgan fingerprint density at radius 2 is 2.10 bits per heavy atom. The van der Waals surface area contributed by atoms with Crippen LogP contribution < -0.4 is 10.1 Å². The fourth-order valence-corrected chi connectivity index (χ4v) is 1.71. The summed E-state index contributed by atoms with van der Waals surface area (Å²) in [6, 6.07) is 4.28. The molecule has 6 heteroatoms. The van der Waals surface area contributed by atoms with Crippen molar-refractivity contribution in [3.63, 3.8) is 0 Å². The highest BCUT2D eigenvalue weighted by atomic mass is 19.1. The minimum Gasteiger partial charge on any atom is -0.494 e. The molecule has 2 N–H and O–H groups in total. The van der Waals surface area contributed by atoms with Crippen LogP contribution >= 0.6 is 0 Å². The van der Waals surface area contributed by atoms with Gasteiger partial charge in [0.1, 0.15) is 0 Å². The third kappa shape index (κ3) is 4.44. The Morgan fingerprint density at radius 1 is 1.43 bits per heavy atom. The Hall–Kier alpha value is -2.11. The van der Waals surface area contributed by atoms with Gasteiger partial charge in [-0.05, 0) is 31.0 Å². The number of carboxylic acids is 1. The predicted molar refractivity (Wildman–Crippen MR) is 75.7 cm³/mol. The van der Waals surface area contributed by atoms with E-state index in [1.54, 1.807) is 19.9 Å². The minimum absolute atomic E-state index is 0.0136. The molecule has 1 rings (SSSR count). The van der Waals surface area contributed by atoms with Crippen LogP contribution in [0.1, 0.15) is 25.8 Å². The Bertz CT molecular complexity index is 532. The molecule has 0 aliphatic carbocycles. The maximum absolute atomic E-state index is 13.5. The Morgan fingerprint density at radius 3 is 2.57 bits per heavy atom. The second-order valence-electron chi connectivity index (χ2n) is 5.14. The van der Waals surface area contributed by atoms with E-state index in [1.165, 1.54) is 19.2 Å². The molecule has 1 aromatic carbocycles. The number of hydrogen-bond donors (Lipinski definition) is 2. The second-order valence-corrected chi connectivity index (χ2v) is 5.14. The molecule has 5 nitrogen and oxygen atoms in total. The fourth-order valence-electron chi connectivity index (χ4n) is 1.71. The van der Waals surface area contributed by atoms with Crippen molar-refractivity contribution in [1.29, 1.82) is 0 Å². The van der Waals surface area contributed by atoms with Crippen molar-refractivity contribution in [2.75, 3.05) is 13.7 Å². The lowest BCUT2D eigenvalue weighted by Gasteiger charge is -2.23. The molecule has 0 aliphatic heterocycles. The predicted octanol–water partition coefficient (Wildman–Crippen LogP) is 1.99. The number of rotatable bonds is 7. The number of benzene rings is 1. The lowest BCUT2D eigenvalue weighted by Crippen LogP contribution is -2.41. The maximum Gasteiger partial charge on any atom is 0.311 e. The second kappa shape index (κ2) is 7.06. The Kier molecular flexibility index (Phi) is 5.69. The average Bonchev–Trinajstić information content (AvgIpc) is 2.44. The zero-order chi connectivity index (χ0) is 16.0. The van der Waals surface area contributed by atoms with E-state index in [2.05, 4.69) is 5.32 Å². The number of halogens is 1. The summed E-state index contributed by atoms with van der Waals surface area (Å²) in [6.45, 7) is 3.36. The first kappa shape index (κ1) is 16.9. The molecule has 1 aromatic rings. The molecule has 1 unspecified atom stereocenters. The maximum atomic E-state index is 13.5. The monoisotopic (exact) mass is 297 g/mol. The SMILES string of the molecule is CCC(C)(CNC(=O)Cc1ccc(OC)c(F)c1)C(=O)O. The first-order valence-corrected chi connectivity index (χ1v) is 6.65. The molecule has 21 heavy (non-hydrogen) atoms. The van der Waals surface area contributed by atoms with E-state index >= 15 is 0 Å². The topological polar surface area (TPSA) is 75.6 Å². The molecule has 0 saturated heterocycles. The van der Waals surface area contributed by atoms with Gasteiger partial charge in [0.05, 0.1) is 18.9 Å². The zero-order valence-electron chi connectivity index (χ0n) is 12.4. The van der Waals surface area contributed by atoms with Crippen molar-refractivity contribution in [1.82, 2.24) is 5.32 Å². The van der Waals surface area contributed by atoms with Crippen LogP contribution in [0.4, 0.5) is 4.39 Å². The van der Waals surface area contributed by atoms with Crippen molar-refractivity contribution >= 4 is 11.9 Å². The van der Waals surface area contributed by atoms with Gasteiger partial charge in [0.15, 0.2) is 11.6 Å². The molecule has 0 aromatic heterocycles. The smallest absolute Gasteiger partial charge is 0.311 e. The van der Waals surface area contributed by atoms with Crippen LogP contribution in [-0.2, 0) is 16.0 Å². The molecule has 0 aliphatic rings.